The van der Waals surface area contributed by atoms with Gasteiger partial charge < -0.3 is 19.9 Å². The monoisotopic (exact) mass is 445 g/mol. The molecule has 0 fully saturated rings. The van der Waals surface area contributed by atoms with E-state index in [1.165, 1.54) is 0 Å². The lowest BCUT2D eigenvalue weighted by Gasteiger charge is -2.18. The second-order valence-corrected chi connectivity index (χ2v) is 8.83. The number of carbonyl (C=O) groups excluding carboxylic acids is 1. The molecular formula is C24H35N3O5. The van der Waals surface area contributed by atoms with Crippen LogP contribution in [0.3, 0.4) is 0 Å². The van der Waals surface area contributed by atoms with E-state index in [1.54, 1.807) is 14.2 Å². The molecule has 0 saturated heterocycles. The van der Waals surface area contributed by atoms with Gasteiger partial charge >= 0.3 is 5.97 Å². The molecule has 2 rings (SSSR count). The number of amides is 1. The van der Waals surface area contributed by atoms with Gasteiger partial charge in [0.25, 0.3) is 5.91 Å². The quantitative estimate of drug-likeness (QED) is 0.539. The number of methoxy groups -OCH3 is 2. The van der Waals surface area contributed by atoms with Gasteiger partial charge in [-0.2, -0.15) is 5.10 Å². The van der Waals surface area contributed by atoms with Crippen molar-refractivity contribution in [3.63, 3.8) is 0 Å². The van der Waals surface area contributed by atoms with Crippen LogP contribution in [0.2, 0.25) is 0 Å². The normalized spacial score (nSPS) is 12.2. The van der Waals surface area contributed by atoms with Crippen molar-refractivity contribution < 1.29 is 24.2 Å². The number of carbonyl (C=O) groups is 2. The largest absolute Gasteiger partial charge is 0.496 e. The highest BCUT2D eigenvalue weighted by molar-refractivity contribution is 5.96. The molecule has 0 spiro atoms. The fourth-order valence-corrected chi connectivity index (χ4v) is 3.87. The van der Waals surface area contributed by atoms with Gasteiger partial charge in [0.05, 0.1) is 31.9 Å². The van der Waals surface area contributed by atoms with Crippen LogP contribution in [-0.4, -0.2) is 47.0 Å². The van der Waals surface area contributed by atoms with Gasteiger partial charge in [0.15, 0.2) is 5.69 Å². The molecule has 1 heterocycles. The van der Waals surface area contributed by atoms with E-state index < -0.39 is 12.0 Å². The third-order valence-electron chi connectivity index (χ3n) is 5.12. The minimum absolute atomic E-state index is 0.136. The van der Waals surface area contributed by atoms with Crippen LogP contribution in [0.1, 0.15) is 56.6 Å². The van der Waals surface area contributed by atoms with Gasteiger partial charge in [0.2, 0.25) is 0 Å². The lowest BCUT2D eigenvalue weighted by molar-refractivity contribution is -0.137. The van der Waals surface area contributed by atoms with E-state index >= 15 is 0 Å². The first kappa shape index (κ1) is 25.2. The Morgan fingerprint density at radius 3 is 2.16 bits per heavy atom. The predicted molar refractivity (Wildman–Crippen MR) is 123 cm³/mol. The molecule has 8 heteroatoms. The average Bonchev–Trinajstić information content (AvgIpc) is 3.01. The summed E-state index contributed by atoms with van der Waals surface area (Å²) in [5.41, 5.74) is 2.43. The molecule has 1 aromatic heterocycles. The number of rotatable bonds is 11. The van der Waals surface area contributed by atoms with Crippen LogP contribution in [0, 0.1) is 18.8 Å². The molecule has 1 amide bonds. The van der Waals surface area contributed by atoms with Gasteiger partial charge in [-0.3, -0.25) is 14.3 Å². The molecule has 8 nitrogen and oxygen atoms in total. The van der Waals surface area contributed by atoms with Crippen LogP contribution in [0.5, 0.6) is 11.5 Å². The van der Waals surface area contributed by atoms with Crippen molar-refractivity contribution in [2.24, 2.45) is 11.8 Å². The number of aromatic nitrogens is 2. The fraction of sp³-hybridized carbons (Fsp3) is 0.542. The SMILES string of the molecule is COc1cccc(OC)c1-c1c(C)c(C(=O)NC(CC(=O)O)CC(C)C)nn1CC(C)C. The van der Waals surface area contributed by atoms with Crippen molar-refractivity contribution in [3.8, 4) is 22.8 Å². The minimum atomic E-state index is -0.947. The zero-order valence-electron chi connectivity index (χ0n) is 20.1. The molecule has 32 heavy (non-hydrogen) atoms. The lowest BCUT2D eigenvalue weighted by atomic mass is 10.0. The Morgan fingerprint density at radius 1 is 1.09 bits per heavy atom. The number of nitrogens with zero attached hydrogens (tertiary/aromatic N) is 2. The Hall–Kier alpha value is -3.03. The lowest BCUT2D eigenvalue weighted by Crippen LogP contribution is -2.38. The number of benzene rings is 1. The van der Waals surface area contributed by atoms with E-state index in [0.29, 0.717) is 30.0 Å². The topological polar surface area (TPSA) is 103 Å². The van der Waals surface area contributed by atoms with Gasteiger partial charge in [0.1, 0.15) is 11.5 Å². The van der Waals surface area contributed by atoms with Gasteiger partial charge in [-0.25, -0.2) is 0 Å². The summed E-state index contributed by atoms with van der Waals surface area (Å²) in [7, 11) is 3.18. The maximum Gasteiger partial charge on any atom is 0.305 e. The van der Waals surface area contributed by atoms with Crippen LogP contribution in [0.15, 0.2) is 18.2 Å². The Kier molecular flexibility index (Phi) is 8.69. The van der Waals surface area contributed by atoms with Crippen LogP contribution >= 0.6 is 0 Å². The number of hydrogen-bond donors (Lipinski definition) is 2. The number of ether oxygens (including phenoxy) is 2. The second kappa shape index (κ2) is 11.0. The van der Waals surface area contributed by atoms with Gasteiger partial charge in [0, 0.05) is 18.2 Å². The molecule has 1 unspecified atom stereocenters. The van der Waals surface area contributed by atoms with E-state index in [-0.39, 0.29) is 29.9 Å². The molecule has 176 valence electrons. The molecule has 1 atom stereocenters. The van der Waals surface area contributed by atoms with Crippen molar-refractivity contribution in [1.29, 1.82) is 0 Å². The number of hydrogen-bond acceptors (Lipinski definition) is 5. The summed E-state index contributed by atoms with van der Waals surface area (Å²) in [6.07, 6.45) is 0.430. The van der Waals surface area contributed by atoms with Crippen molar-refractivity contribution in [1.82, 2.24) is 15.1 Å². The molecule has 2 N–H and O–H groups in total. The summed E-state index contributed by atoms with van der Waals surface area (Å²) < 4.78 is 13.0. The molecule has 0 aliphatic carbocycles. The molecular weight excluding hydrogens is 410 g/mol. The third-order valence-corrected chi connectivity index (χ3v) is 5.12. The Bertz CT molecular complexity index is 927. The Labute approximate surface area is 189 Å². The zero-order valence-corrected chi connectivity index (χ0v) is 20.1. The molecule has 0 bridgehead atoms. The summed E-state index contributed by atoms with van der Waals surface area (Å²) in [4.78, 5) is 24.5. The summed E-state index contributed by atoms with van der Waals surface area (Å²) in [6, 6.07) is 5.05. The van der Waals surface area contributed by atoms with Crippen molar-refractivity contribution in [2.75, 3.05) is 14.2 Å². The van der Waals surface area contributed by atoms with E-state index in [0.717, 1.165) is 11.3 Å². The first-order valence-electron chi connectivity index (χ1n) is 10.9. The van der Waals surface area contributed by atoms with Crippen molar-refractivity contribution in [3.05, 3.63) is 29.5 Å². The fourth-order valence-electron chi connectivity index (χ4n) is 3.87. The molecule has 0 aliphatic heterocycles. The van der Waals surface area contributed by atoms with E-state index in [2.05, 4.69) is 24.3 Å². The highest BCUT2D eigenvalue weighted by Crippen LogP contribution is 2.40. The summed E-state index contributed by atoms with van der Waals surface area (Å²) >= 11 is 0. The highest BCUT2D eigenvalue weighted by atomic mass is 16.5. The first-order valence-corrected chi connectivity index (χ1v) is 10.9. The molecule has 0 saturated carbocycles. The van der Waals surface area contributed by atoms with Crippen LogP contribution in [-0.2, 0) is 11.3 Å². The number of nitrogens with one attached hydrogen (secondary N) is 1. The molecule has 0 aliphatic rings. The highest BCUT2D eigenvalue weighted by Gasteiger charge is 2.27. The second-order valence-electron chi connectivity index (χ2n) is 8.83. The van der Waals surface area contributed by atoms with Crippen LogP contribution < -0.4 is 14.8 Å². The Morgan fingerprint density at radius 2 is 1.69 bits per heavy atom. The Balaban J connectivity index is 2.57. The maximum atomic E-state index is 13.2. The standard InChI is InChI=1S/C24H35N3O5/c1-14(2)11-17(12-20(28)29)25-24(30)22-16(5)23(27(26-22)13-15(3)4)21-18(31-6)9-8-10-19(21)32-7/h8-10,14-15,17H,11-13H2,1-7H3,(H,25,30)(H,28,29). The van der Waals surface area contributed by atoms with E-state index in [9.17, 15) is 14.7 Å². The minimum Gasteiger partial charge on any atom is -0.496 e. The van der Waals surface area contributed by atoms with E-state index in [4.69, 9.17) is 9.47 Å². The predicted octanol–water partition coefficient (Wildman–Crippen LogP) is 4.15. The van der Waals surface area contributed by atoms with Gasteiger partial charge in [-0.1, -0.05) is 33.8 Å². The van der Waals surface area contributed by atoms with Crippen molar-refractivity contribution in [2.45, 2.75) is 60.0 Å². The molecule has 2 aromatic rings. The first-order chi connectivity index (χ1) is 15.1. The summed E-state index contributed by atoms with van der Waals surface area (Å²) in [5.74, 6) is 0.434. The van der Waals surface area contributed by atoms with Crippen LogP contribution in [0.4, 0.5) is 0 Å². The van der Waals surface area contributed by atoms with Crippen molar-refractivity contribution >= 4 is 11.9 Å². The van der Waals surface area contributed by atoms with Gasteiger partial charge in [-0.05, 0) is 37.3 Å². The number of carboxylic acid groups (broad SMARTS) is 1. The van der Waals surface area contributed by atoms with E-state index in [1.807, 2.05) is 43.7 Å². The summed E-state index contributed by atoms with van der Waals surface area (Å²) in [6.45, 7) is 10.6. The van der Waals surface area contributed by atoms with Gasteiger partial charge in [-0.15, -0.1) is 0 Å². The maximum absolute atomic E-state index is 13.2. The molecule has 1 aromatic carbocycles. The summed E-state index contributed by atoms with van der Waals surface area (Å²) in [5, 5.41) is 16.8. The van der Waals surface area contributed by atoms with Crippen LogP contribution in [0.25, 0.3) is 11.3 Å². The third kappa shape index (κ3) is 6.02. The smallest absolute Gasteiger partial charge is 0.305 e. The number of aliphatic carboxylic acids is 1. The molecule has 0 radical (unpaired) electrons. The average molecular weight is 446 g/mol. The zero-order chi connectivity index (χ0) is 24.0. The number of carboxylic acids is 1.